The first-order valence-corrected chi connectivity index (χ1v) is 17.2. The molecule has 43 heavy (non-hydrogen) atoms. The molecule has 4 rings (SSSR count). The Kier molecular flexibility index (Phi) is 9.84. The van der Waals surface area contributed by atoms with Gasteiger partial charge in [-0.15, -0.1) is 0 Å². The standard InChI is InChI=1S/C29H34N6O6S2/c1-34(17-15-22-4-8-23(9-5-22)32-42(2,38)39)20-25-19-29(30-16-14-21-6-11-26(12-7-21)35(36)37)27-18-24(33-43(3,40)41)10-13-28(27)31-25/h4-13,18-19,32-33H,14-17,20H2,1-3H3,(H,30,31). The molecule has 0 bridgehead atoms. The predicted octanol–water partition coefficient (Wildman–Crippen LogP) is 4.22. The quantitative estimate of drug-likeness (QED) is 0.137. The van der Waals surface area contributed by atoms with Crippen molar-refractivity contribution in [3.8, 4) is 0 Å². The molecule has 4 aromatic rings. The van der Waals surface area contributed by atoms with Crippen molar-refractivity contribution in [1.82, 2.24) is 9.88 Å². The van der Waals surface area contributed by atoms with E-state index >= 15 is 0 Å². The van der Waals surface area contributed by atoms with Crippen LogP contribution in [0.15, 0.2) is 72.8 Å². The van der Waals surface area contributed by atoms with E-state index < -0.39 is 25.0 Å². The van der Waals surface area contributed by atoms with E-state index in [-0.39, 0.29) is 5.69 Å². The molecule has 1 aromatic heterocycles. The zero-order valence-electron chi connectivity index (χ0n) is 24.1. The van der Waals surface area contributed by atoms with Crippen LogP contribution in [0, 0.1) is 10.1 Å². The van der Waals surface area contributed by atoms with Gasteiger partial charge in [-0.3, -0.25) is 24.5 Å². The third kappa shape index (κ3) is 9.91. The number of pyridine rings is 1. The van der Waals surface area contributed by atoms with Crippen LogP contribution >= 0.6 is 0 Å². The van der Waals surface area contributed by atoms with Gasteiger partial charge in [-0.1, -0.05) is 24.3 Å². The summed E-state index contributed by atoms with van der Waals surface area (Å²) in [7, 11) is -4.80. The maximum Gasteiger partial charge on any atom is 0.269 e. The minimum absolute atomic E-state index is 0.0393. The third-order valence-corrected chi connectivity index (χ3v) is 7.73. The fraction of sp³-hybridized carbons (Fsp3) is 0.276. The van der Waals surface area contributed by atoms with E-state index in [0.29, 0.717) is 36.4 Å². The van der Waals surface area contributed by atoms with Crippen molar-refractivity contribution in [2.75, 3.05) is 47.4 Å². The number of nitro benzene ring substituents is 1. The van der Waals surface area contributed by atoms with Gasteiger partial charge < -0.3 is 10.2 Å². The summed E-state index contributed by atoms with van der Waals surface area (Å²) < 4.78 is 51.5. The SMILES string of the molecule is CN(CCc1ccc(NS(C)(=O)=O)cc1)Cc1cc(NCCc2ccc([N+](=O)[O-])cc2)c2cc(NS(C)(=O)=O)ccc2n1. The van der Waals surface area contributed by atoms with Crippen LogP contribution in [0.3, 0.4) is 0 Å². The summed E-state index contributed by atoms with van der Waals surface area (Å²) in [6.07, 6.45) is 3.58. The number of likely N-dealkylation sites (N-methyl/N-ethyl adjacent to an activating group) is 1. The van der Waals surface area contributed by atoms with Crippen LogP contribution in [0.25, 0.3) is 10.9 Å². The lowest BCUT2D eigenvalue weighted by Gasteiger charge is -2.18. The molecular weight excluding hydrogens is 592 g/mol. The fourth-order valence-corrected chi connectivity index (χ4v) is 5.66. The topological polar surface area (TPSA) is 164 Å². The molecule has 228 valence electrons. The van der Waals surface area contributed by atoms with Crippen LogP contribution in [-0.2, 0) is 39.4 Å². The Morgan fingerprint density at radius 1 is 0.814 bits per heavy atom. The number of nitrogens with one attached hydrogen (secondary N) is 3. The minimum atomic E-state index is -3.46. The second-order valence-electron chi connectivity index (χ2n) is 10.4. The largest absolute Gasteiger partial charge is 0.384 e. The Morgan fingerprint density at radius 2 is 1.40 bits per heavy atom. The Balaban J connectivity index is 1.48. The lowest BCUT2D eigenvalue weighted by Crippen LogP contribution is -2.21. The highest BCUT2D eigenvalue weighted by Gasteiger charge is 2.12. The van der Waals surface area contributed by atoms with E-state index in [0.717, 1.165) is 53.4 Å². The molecule has 0 unspecified atom stereocenters. The number of fused-ring (bicyclic) bond motifs is 1. The second kappa shape index (κ2) is 13.4. The first-order valence-electron chi connectivity index (χ1n) is 13.4. The molecule has 0 atom stereocenters. The third-order valence-electron chi connectivity index (χ3n) is 6.51. The van der Waals surface area contributed by atoms with Crippen molar-refractivity contribution < 1.29 is 21.8 Å². The molecule has 0 aliphatic heterocycles. The van der Waals surface area contributed by atoms with Gasteiger partial charge >= 0.3 is 0 Å². The van der Waals surface area contributed by atoms with Crippen LogP contribution in [0.5, 0.6) is 0 Å². The number of rotatable bonds is 14. The van der Waals surface area contributed by atoms with E-state index in [1.165, 1.54) is 12.1 Å². The van der Waals surface area contributed by atoms with Crippen LogP contribution in [0.4, 0.5) is 22.7 Å². The van der Waals surface area contributed by atoms with Gasteiger partial charge in [0.1, 0.15) is 0 Å². The van der Waals surface area contributed by atoms with Gasteiger partial charge in [0.25, 0.3) is 5.69 Å². The zero-order chi connectivity index (χ0) is 31.2. The second-order valence-corrected chi connectivity index (χ2v) is 13.9. The number of nitro groups is 1. The van der Waals surface area contributed by atoms with Crippen LogP contribution < -0.4 is 14.8 Å². The molecule has 0 amide bonds. The van der Waals surface area contributed by atoms with Crippen LogP contribution in [0.2, 0.25) is 0 Å². The molecule has 0 saturated carbocycles. The van der Waals surface area contributed by atoms with Crippen molar-refractivity contribution in [3.63, 3.8) is 0 Å². The molecule has 1 heterocycles. The number of aromatic nitrogens is 1. The molecule has 12 nitrogen and oxygen atoms in total. The molecule has 0 aliphatic rings. The number of sulfonamides is 2. The van der Waals surface area contributed by atoms with Crippen molar-refractivity contribution >= 4 is 53.7 Å². The van der Waals surface area contributed by atoms with Crippen molar-refractivity contribution in [1.29, 1.82) is 0 Å². The minimum Gasteiger partial charge on any atom is -0.384 e. The Morgan fingerprint density at radius 3 is 2.02 bits per heavy atom. The predicted molar refractivity (Wildman–Crippen MR) is 170 cm³/mol. The lowest BCUT2D eigenvalue weighted by molar-refractivity contribution is -0.384. The maximum atomic E-state index is 11.8. The Labute approximate surface area is 251 Å². The van der Waals surface area contributed by atoms with Crippen molar-refractivity contribution in [2.24, 2.45) is 0 Å². The molecule has 0 fully saturated rings. The van der Waals surface area contributed by atoms with Gasteiger partial charge in [0, 0.05) is 54.2 Å². The molecule has 0 aliphatic carbocycles. The zero-order valence-corrected chi connectivity index (χ0v) is 25.7. The monoisotopic (exact) mass is 626 g/mol. The summed E-state index contributed by atoms with van der Waals surface area (Å²) in [5.41, 5.74) is 5.31. The van der Waals surface area contributed by atoms with E-state index in [9.17, 15) is 26.9 Å². The van der Waals surface area contributed by atoms with Crippen molar-refractivity contribution in [2.45, 2.75) is 19.4 Å². The molecular formula is C29H34N6O6S2. The number of nitrogens with zero attached hydrogens (tertiary/aromatic N) is 3. The first kappa shape index (κ1) is 31.7. The van der Waals surface area contributed by atoms with Crippen LogP contribution in [0.1, 0.15) is 16.8 Å². The van der Waals surface area contributed by atoms with Gasteiger partial charge in [0.2, 0.25) is 20.0 Å². The number of non-ortho nitro benzene ring substituents is 1. The highest BCUT2D eigenvalue weighted by molar-refractivity contribution is 7.92. The molecule has 0 radical (unpaired) electrons. The number of hydrogen-bond donors (Lipinski definition) is 3. The van der Waals surface area contributed by atoms with Gasteiger partial charge in [0.15, 0.2) is 0 Å². The van der Waals surface area contributed by atoms with Gasteiger partial charge in [-0.2, -0.15) is 0 Å². The number of hydrogen-bond acceptors (Lipinski definition) is 9. The highest BCUT2D eigenvalue weighted by atomic mass is 32.2. The van der Waals surface area contributed by atoms with E-state index in [1.54, 1.807) is 42.5 Å². The van der Waals surface area contributed by atoms with Gasteiger partial charge in [-0.05, 0) is 67.4 Å². The number of benzene rings is 3. The van der Waals surface area contributed by atoms with Gasteiger partial charge in [-0.25, -0.2) is 16.8 Å². The van der Waals surface area contributed by atoms with E-state index in [4.69, 9.17) is 4.98 Å². The highest BCUT2D eigenvalue weighted by Crippen LogP contribution is 2.28. The molecule has 3 aromatic carbocycles. The smallest absolute Gasteiger partial charge is 0.269 e. The van der Waals surface area contributed by atoms with Crippen molar-refractivity contribution in [3.05, 3.63) is 99.7 Å². The Hall–Kier alpha value is -4.27. The van der Waals surface area contributed by atoms with E-state index in [1.807, 2.05) is 25.2 Å². The molecule has 14 heteroatoms. The van der Waals surface area contributed by atoms with Gasteiger partial charge in [0.05, 0.1) is 28.6 Å². The summed E-state index contributed by atoms with van der Waals surface area (Å²) in [4.78, 5) is 17.5. The lowest BCUT2D eigenvalue weighted by atomic mass is 10.1. The van der Waals surface area contributed by atoms with Crippen LogP contribution in [-0.4, -0.2) is 64.3 Å². The maximum absolute atomic E-state index is 11.8. The Bertz CT molecular complexity index is 1810. The summed E-state index contributed by atoms with van der Waals surface area (Å²) in [6, 6.07) is 20.8. The summed E-state index contributed by atoms with van der Waals surface area (Å²) in [5.74, 6) is 0. The average Bonchev–Trinajstić information content (AvgIpc) is 2.91. The summed E-state index contributed by atoms with van der Waals surface area (Å²) in [6.45, 7) is 1.84. The summed E-state index contributed by atoms with van der Waals surface area (Å²) in [5, 5.41) is 15.1. The average molecular weight is 627 g/mol. The fourth-order valence-electron chi connectivity index (χ4n) is 4.54. The summed E-state index contributed by atoms with van der Waals surface area (Å²) >= 11 is 0. The first-order chi connectivity index (χ1) is 20.2. The molecule has 0 spiro atoms. The molecule has 3 N–H and O–H groups in total. The van der Waals surface area contributed by atoms with E-state index in [2.05, 4.69) is 19.7 Å². The molecule has 0 saturated heterocycles. The number of anilines is 3. The normalized spacial score (nSPS) is 11.9.